The topological polar surface area (TPSA) is 26.3 Å². The zero-order valence-electron chi connectivity index (χ0n) is 7.91. The lowest BCUT2D eigenvalue weighted by Gasteiger charge is -1.96. The van der Waals surface area contributed by atoms with Crippen LogP contribution < -0.4 is 0 Å². The van der Waals surface area contributed by atoms with Gasteiger partial charge in [0, 0.05) is 6.08 Å². The van der Waals surface area contributed by atoms with Crippen molar-refractivity contribution < 1.29 is 9.53 Å². The molecule has 2 heteroatoms. The average Bonchev–Trinajstić information content (AvgIpc) is 2.10. The largest absolute Gasteiger partial charge is 0.466 e. The summed E-state index contributed by atoms with van der Waals surface area (Å²) in [4.78, 5) is 10.7. The molecule has 0 aliphatic carbocycles. The van der Waals surface area contributed by atoms with Gasteiger partial charge < -0.3 is 4.74 Å². The molecule has 0 aromatic carbocycles. The van der Waals surface area contributed by atoms with Crippen LogP contribution in [0.3, 0.4) is 0 Å². The van der Waals surface area contributed by atoms with E-state index >= 15 is 0 Å². The Kier molecular flexibility index (Phi) is 6.07. The molecular formula is C10H16O2. The van der Waals surface area contributed by atoms with Crippen molar-refractivity contribution in [1.29, 1.82) is 0 Å². The first kappa shape index (κ1) is 11.0. The van der Waals surface area contributed by atoms with E-state index in [2.05, 4.69) is 23.8 Å². The molecular weight excluding hydrogens is 152 g/mol. The summed E-state index contributed by atoms with van der Waals surface area (Å²) in [5.74, 6) is -0.00389. The first-order valence-corrected chi connectivity index (χ1v) is 4.13. The van der Waals surface area contributed by atoms with Gasteiger partial charge in [0.15, 0.2) is 0 Å². The molecule has 0 heterocycles. The lowest BCUT2D eigenvalue weighted by atomic mass is 10.1. The number of carbonyl (C=O) groups excluding carboxylic acids is 1. The van der Waals surface area contributed by atoms with Gasteiger partial charge in [0.2, 0.25) is 0 Å². The third kappa shape index (κ3) is 5.71. The molecule has 0 saturated carbocycles. The molecule has 1 unspecified atom stereocenters. The summed E-state index contributed by atoms with van der Waals surface area (Å²) in [5, 5.41) is 0. The van der Waals surface area contributed by atoms with Gasteiger partial charge in [-0.15, -0.1) is 0 Å². The molecule has 0 rings (SSSR count). The lowest BCUT2D eigenvalue weighted by Crippen LogP contribution is -1.95. The van der Waals surface area contributed by atoms with Gasteiger partial charge in [0.1, 0.15) is 0 Å². The molecule has 0 radical (unpaired) electrons. The van der Waals surface area contributed by atoms with Gasteiger partial charge in [-0.05, 0) is 12.3 Å². The molecule has 68 valence electrons. The van der Waals surface area contributed by atoms with Crippen LogP contribution in [0.2, 0.25) is 0 Å². The Hall–Kier alpha value is -1.05. The van der Waals surface area contributed by atoms with Crippen LogP contribution in [0, 0.1) is 5.92 Å². The van der Waals surface area contributed by atoms with Gasteiger partial charge in [0.25, 0.3) is 0 Å². The van der Waals surface area contributed by atoms with Crippen molar-refractivity contribution in [2.75, 3.05) is 7.11 Å². The van der Waals surface area contributed by atoms with Gasteiger partial charge in [-0.2, -0.15) is 0 Å². The molecule has 0 amide bonds. The van der Waals surface area contributed by atoms with E-state index in [1.165, 1.54) is 13.2 Å². The highest BCUT2D eigenvalue weighted by Crippen LogP contribution is 2.00. The van der Waals surface area contributed by atoms with Crippen molar-refractivity contribution in [3.63, 3.8) is 0 Å². The van der Waals surface area contributed by atoms with E-state index in [1.807, 2.05) is 13.0 Å². The predicted molar refractivity (Wildman–Crippen MR) is 49.8 cm³/mol. The fraction of sp³-hybridized carbons (Fsp3) is 0.500. The fourth-order valence-corrected chi connectivity index (χ4v) is 0.713. The van der Waals surface area contributed by atoms with Crippen LogP contribution in [0.1, 0.15) is 20.3 Å². The number of allylic oxidation sites excluding steroid dienone is 3. The van der Waals surface area contributed by atoms with Crippen molar-refractivity contribution in [1.82, 2.24) is 0 Å². The van der Waals surface area contributed by atoms with E-state index in [0.717, 1.165) is 6.42 Å². The summed E-state index contributed by atoms with van der Waals surface area (Å²) in [6.07, 6.45) is 8.42. The van der Waals surface area contributed by atoms with Gasteiger partial charge in [-0.3, -0.25) is 0 Å². The molecule has 2 nitrogen and oxygen atoms in total. The third-order valence-electron chi connectivity index (χ3n) is 1.41. The van der Waals surface area contributed by atoms with Gasteiger partial charge in [0.05, 0.1) is 7.11 Å². The van der Waals surface area contributed by atoms with Crippen LogP contribution in [-0.2, 0) is 9.53 Å². The molecule has 0 aromatic rings. The normalized spacial score (nSPS) is 13.9. The second-order valence-electron chi connectivity index (χ2n) is 2.58. The highest BCUT2D eigenvalue weighted by atomic mass is 16.5. The first-order chi connectivity index (χ1) is 5.70. The Balaban J connectivity index is 3.82. The van der Waals surface area contributed by atoms with E-state index in [-0.39, 0.29) is 5.97 Å². The predicted octanol–water partition coefficient (Wildman–Crippen LogP) is 2.32. The molecule has 0 aliphatic heterocycles. The van der Waals surface area contributed by atoms with Crippen LogP contribution >= 0.6 is 0 Å². The maximum Gasteiger partial charge on any atom is 0.330 e. The van der Waals surface area contributed by atoms with Gasteiger partial charge in [-0.1, -0.05) is 32.1 Å². The van der Waals surface area contributed by atoms with Crippen molar-refractivity contribution in [2.45, 2.75) is 20.3 Å². The smallest absolute Gasteiger partial charge is 0.330 e. The second kappa shape index (κ2) is 6.65. The summed E-state index contributed by atoms with van der Waals surface area (Å²) in [6.45, 7) is 4.10. The van der Waals surface area contributed by atoms with E-state index in [9.17, 15) is 4.79 Å². The Morgan fingerprint density at radius 1 is 1.50 bits per heavy atom. The minimum Gasteiger partial charge on any atom is -0.466 e. The minimum absolute atomic E-state index is 0.295. The number of esters is 1. The molecule has 0 N–H and O–H groups in total. The maximum absolute atomic E-state index is 10.7. The zero-order valence-corrected chi connectivity index (χ0v) is 7.91. The molecule has 1 atom stereocenters. The summed E-state index contributed by atoms with van der Waals surface area (Å²) < 4.78 is 4.46. The maximum atomic E-state index is 10.7. The van der Waals surface area contributed by atoms with E-state index in [0.29, 0.717) is 5.92 Å². The molecule has 0 spiro atoms. The van der Waals surface area contributed by atoms with E-state index < -0.39 is 0 Å². The molecule has 0 aromatic heterocycles. The summed E-state index contributed by atoms with van der Waals surface area (Å²) >= 11 is 0. The van der Waals surface area contributed by atoms with Crippen molar-refractivity contribution in [3.05, 3.63) is 24.3 Å². The van der Waals surface area contributed by atoms with E-state index in [4.69, 9.17) is 0 Å². The lowest BCUT2D eigenvalue weighted by molar-refractivity contribution is -0.134. The van der Waals surface area contributed by atoms with Crippen LogP contribution in [-0.4, -0.2) is 13.1 Å². The number of hydrogen-bond acceptors (Lipinski definition) is 2. The minimum atomic E-state index is -0.299. The third-order valence-corrected chi connectivity index (χ3v) is 1.41. The van der Waals surface area contributed by atoms with Crippen molar-refractivity contribution in [3.8, 4) is 0 Å². The summed E-state index contributed by atoms with van der Waals surface area (Å²) in [7, 11) is 1.37. The number of carbonyl (C=O) groups is 1. The van der Waals surface area contributed by atoms with Crippen LogP contribution in [0.4, 0.5) is 0 Å². The number of hydrogen-bond donors (Lipinski definition) is 0. The molecule has 0 fully saturated rings. The number of rotatable bonds is 4. The standard InChI is InChI=1S/C10H16O2/c1-4-5-6-9(2)7-8-10(11)12-3/h5-9H,4H2,1-3H3/b6-5-,8-7+. The van der Waals surface area contributed by atoms with E-state index in [1.54, 1.807) is 0 Å². The highest BCUT2D eigenvalue weighted by Gasteiger charge is 1.93. The quantitative estimate of drug-likeness (QED) is 0.366. The first-order valence-electron chi connectivity index (χ1n) is 4.13. The second-order valence-corrected chi connectivity index (χ2v) is 2.58. The Morgan fingerprint density at radius 3 is 2.67 bits per heavy atom. The van der Waals surface area contributed by atoms with Crippen LogP contribution in [0.5, 0.6) is 0 Å². The van der Waals surface area contributed by atoms with Gasteiger partial charge in [-0.25, -0.2) is 4.79 Å². The van der Waals surface area contributed by atoms with Crippen LogP contribution in [0.15, 0.2) is 24.3 Å². The van der Waals surface area contributed by atoms with Crippen molar-refractivity contribution in [2.24, 2.45) is 5.92 Å². The van der Waals surface area contributed by atoms with Crippen molar-refractivity contribution >= 4 is 5.97 Å². The molecule has 12 heavy (non-hydrogen) atoms. The molecule has 0 bridgehead atoms. The zero-order chi connectivity index (χ0) is 9.40. The summed E-state index contributed by atoms with van der Waals surface area (Å²) in [6, 6.07) is 0. The number of methoxy groups -OCH3 is 1. The Labute approximate surface area is 73.9 Å². The number of ether oxygens (including phenoxy) is 1. The fourth-order valence-electron chi connectivity index (χ4n) is 0.713. The molecule has 0 aliphatic rings. The Morgan fingerprint density at radius 2 is 2.17 bits per heavy atom. The van der Waals surface area contributed by atoms with Gasteiger partial charge >= 0.3 is 5.97 Å². The summed E-state index contributed by atoms with van der Waals surface area (Å²) in [5.41, 5.74) is 0. The SMILES string of the molecule is CC/C=C\C(C)/C=C/C(=O)OC. The monoisotopic (exact) mass is 168 g/mol. The highest BCUT2D eigenvalue weighted by molar-refractivity contribution is 5.81. The average molecular weight is 168 g/mol. The van der Waals surface area contributed by atoms with Crippen LogP contribution in [0.25, 0.3) is 0 Å². The Bertz CT molecular complexity index is 180. The molecule has 0 saturated heterocycles.